The molecule has 0 unspecified atom stereocenters. The Labute approximate surface area is 195 Å². The molecule has 0 fully saturated rings. The Morgan fingerprint density at radius 2 is 1.75 bits per heavy atom. The molecule has 32 heavy (non-hydrogen) atoms. The third kappa shape index (κ3) is 8.72. The second-order valence-electron chi connectivity index (χ2n) is 6.89. The monoisotopic (exact) mass is 460 g/mol. The minimum absolute atomic E-state index is 0.245. The summed E-state index contributed by atoms with van der Waals surface area (Å²) in [6.45, 7) is 6.79. The molecule has 0 aliphatic heterocycles. The van der Waals surface area contributed by atoms with Crippen molar-refractivity contribution in [2.24, 2.45) is 0 Å². The first-order valence-electron chi connectivity index (χ1n) is 10.8. The van der Waals surface area contributed by atoms with Crippen molar-refractivity contribution in [1.82, 2.24) is 10.6 Å². The molecular formula is C24H32N2O5S. The van der Waals surface area contributed by atoms with Crippen LogP contribution in [0.5, 0.6) is 17.2 Å². The summed E-state index contributed by atoms with van der Waals surface area (Å²) < 4.78 is 22.0. The number of thiocarbonyl (C=S) groups is 1. The number of carbonyl (C=O) groups is 1. The van der Waals surface area contributed by atoms with Gasteiger partial charge in [-0.2, -0.15) is 0 Å². The van der Waals surface area contributed by atoms with Crippen molar-refractivity contribution < 1.29 is 23.7 Å². The fourth-order valence-electron chi connectivity index (χ4n) is 2.73. The highest BCUT2D eigenvalue weighted by Gasteiger charge is 2.10. The Balaban J connectivity index is 1.81. The van der Waals surface area contributed by atoms with Gasteiger partial charge in [0.1, 0.15) is 12.4 Å². The van der Waals surface area contributed by atoms with Crippen LogP contribution < -0.4 is 24.8 Å². The first-order chi connectivity index (χ1) is 15.6. The van der Waals surface area contributed by atoms with Crippen LogP contribution in [0.1, 0.15) is 42.6 Å². The van der Waals surface area contributed by atoms with E-state index in [9.17, 15) is 4.79 Å². The predicted molar refractivity (Wildman–Crippen MR) is 129 cm³/mol. The van der Waals surface area contributed by atoms with Crippen LogP contribution in [0.3, 0.4) is 0 Å². The van der Waals surface area contributed by atoms with Gasteiger partial charge in [0, 0.05) is 18.7 Å². The summed E-state index contributed by atoms with van der Waals surface area (Å²) in [6, 6.07) is 12.6. The Morgan fingerprint density at radius 3 is 2.44 bits per heavy atom. The zero-order chi connectivity index (χ0) is 23.2. The van der Waals surface area contributed by atoms with E-state index in [-0.39, 0.29) is 11.0 Å². The summed E-state index contributed by atoms with van der Waals surface area (Å²) in [6.07, 6.45) is 2.06. The number of rotatable bonds is 13. The van der Waals surface area contributed by atoms with Crippen molar-refractivity contribution in [1.29, 1.82) is 0 Å². The highest BCUT2D eigenvalue weighted by atomic mass is 32.1. The zero-order valence-electron chi connectivity index (χ0n) is 18.9. The van der Waals surface area contributed by atoms with E-state index in [1.54, 1.807) is 31.4 Å². The summed E-state index contributed by atoms with van der Waals surface area (Å²) >= 11 is 5.26. The third-order valence-corrected chi connectivity index (χ3v) is 4.73. The molecule has 0 aromatic heterocycles. The summed E-state index contributed by atoms with van der Waals surface area (Å²) in [4.78, 5) is 12.4. The maximum Gasteiger partial charge on any atom is 0.257 e. The molecule has 7 nitrogen and oxygen atoms in total. The van der Waals surface area contributed by atoms with Crippen LogP contribution in [-0.2, 0) is 11.3 Å². The summed E-state index contributed by atoms with van der Waals surface area (Å²) in [5, 5.41) is 5.97. The summed E-state index contributed by atoms with van der Waals surface area (Å²) in [7, 11) is 1.61. The number of nitrogens with one attached hydrogen (secondary N) is 2. The van der Waals surface area contributed by atoms with Crippen LogP contribution in [0.2, 0.25) is 0 Å². The predicted octanol–water partition coefficient (Wildman–Crippen LogP) is 4.09. The molecule has 0 bridgehead atoms. The molecule has 0 saturated heterocycles. The smallest absolute Gasteiger partial charge is 0.257 e. The minimum Gasteiger partial charge on any atom is -0.493 e. The normalized spacial score (nSPS) is 10.3. The van der Waals surface area contributed by atoms with E-state index in [4.69, 9.17) is 31.2 Å². The molecule has 0 aliphatic rings. The number of carbonyl (C=O) groups excluding carboxylic acids is 1. The molecule has 0 spiro atoms. The maximum absolute atomic E-state index is 12.4. The van der Waals surface area contributed by atoms with Crippen molar-refractivity contribution in [2.75, 3.05) is 33.5 Å². The van der Waals surface area contributed by atoms with Gasteiger partial charge in [0.25, 0.3) is 5.91 Å². The number of unbranched alkanes of at least 4 members (excludes halogenated alkanes) is 1. The number of methoxy groups -OCH3 is 1. The van der Waals surface area contributed by atoms with E-state index in [0.717, 1.165) is 18.4 Å². The third-order valence-electron chi connectivity index (χ3n) is 4.48. The quantitative estimate of drug-likeness (QED) is 0.344. The topological polar surface area (TPSA) is 78.1 Å². The second kappa shape index (κ2) is 14.3. The van der Waals surface area contributed by atoms with E-state index < -0.39 is 0 Å². The Bertz CT molecular complexity index is 858. The average molecular weight is 461 g/mol. The molecule has 0 radical (unpaired) electrons. The number of hydrogen-bond acceptors (Lipinski definition) is 6. The van der Waals surface area contributed by atoms with Crippen molar-refractivity contribution in [3.8, 4) is 17.2 Å². The van der Waals surface area contributed by atoms with E-state index in [1.165, 1.54) is 0 Å². The van der Waals surface area contributed by atoms with Gasteiger partial charge in [-0.1, -0.05) is 19.4 Å². The lowest BCUT2D eigenvalue weighted by Crippen LogP contribution is -2.38. The molecule has 2 aromatic carbocycles. The standard InChI is InChI=1S/C24H32N2O5S/c1-4-6-13-31-21-12-7-18(16-22(21)28-3)17-25-24(32)26-23(27)19-8-10-20(11-9-19)30-15-14-29-5-2/h7-12,16H,4-6,13-15,17H2,1-3H3,(H2,25,26,27,32). The molecule has 2 aromatic rings. The second-order valence-corrected chi connectivity index (χ2v) is 7.30. The van der Waals surface area contributed by atoms with Gasteiger partial charge in [0.15, 0.2) is 16.6 Å². The van der Waals surface area contributed by atoms with Crippen molar-refractivity contribution >= 4 is 23.2 Å². The summed E-state index contributed by atoms with van der Waals surface area (Å²) in [5.41, 5.74) is 1.44. The molecule has 0 atom stereocenters. The summed E-state index contributed by atoms with van der Waals surface area (Å²) in [5.74, 6) is 1.77. The van der Waals surface area contributed by atoms with Gasteiger partial charge < -0.3 is 24.3 Å². The highest BCUT2D eigenvalue weighted by Crippen LogP contribution is 2.28. The first-order valence-corrected chi connectivity index (χ1v) is 11.2. The molecule has 2 rings (SSSR count). The lowest BCUT2D eigenvalue weighted by Gasteiger charge is -2.13. The number of amides is 1. The van der Waals surface area contributed by atoms with E-state index >= 15 is 0 Å². The van der Waals surface area contributed by atoms with Gasteiger partial charge in [0.05, 0.1) is 20.3 Å². The molecule has 1 amide bonds. The van der Waals surface area contributed by atoms with Gasteiger partial charge in [0.2, 0.25) is 0 Å². The van der Waals surface area contributed by atoms with Crippen LogP contribution in [0.4, 0.5) is 0 Å². The van der Waals surface area contributed by atoms with Crippen molar-refractivity contribution in [2.45, 2.75) is 33.2 Å². The molecule has 0 heterocycles. The highest BCUT2D eigenvalue weighted by molar-refractivity contribution is 7.80. The molecular weight excluding hydrogens is 428 g/mol. The SMILES string of the molecule is CCCCOc1ccc(CNC(=S)NC(=O)c2ccc(OCCOCC)cc2)cc1OC. The van der Waals surface area contributed by atoms with Crippen LogP contribution in [0.25, 0.3) is 0 Å². The minimum atomic E-state index is -0.291. The van der Waals surface area contributed by atoms with Gasteiger partial charge in [-0.25, -0.2) is 0 Å². The Kier molecular flexibility index (Phi) is 11.3. The average Bonchev–Trinajstić information content (AvgIpc) is 2.81. The molecule has 2 N–H and O–H groups in total. The fraction of sp³-hybridized carbons (Fsp3) is 0.417. The van der Waals surface area contributed by atoms with Crippen LogP contribution in [0, 0.1) is 0 Å². The largest absolute Gasteiger partial charge is 0.493 e. The molecule has 174 valence electrons. The zero-order valence-corrected chi connectivity index (χ0v) is 19.8. The van der Waals surface area contributed by atoms with Gasteiger partial charge >= 0.3 is 0 Å². The lowest BCUT2D eigenvalue weighted by molar-refractivity contribution is 0.0976. The number of hydrogen-bond donors (Lipinski definition) is 2. The first kappa shape index (κ1) is 25.4. The number of ether oxygens (including phenoxy) is 4. The van der Waals surface area contributed by atoms with Crippen molar-refractivity contribution in [3.05, 3.63) is 53.6 Å². The Hall–Kier alpha value is -2.84. The van der Waals surface area contributed by atoms with E-state index in [1.807, 2.05) is 25.1 Å². The maximum atomic E-state index is 12.4. The number of benzene rings is 2. The van der Waals surface area contributed by atoms with Crippen LogP contribution in [0.15, 0.2) is 42.5 Å². The van der Waals surface area contributed by atoms with E-state index in [2.05, 4.69) is 17.6 Å². The van der Waals surface area contributed by atoms with Crippen molar-refractivity contribution in [3.63, 3.8) is 0 Å². The van der Waals surface area contributed by atoms with Crippen LogP contribution >= 0.6 is 12.2 Å². The fourth-order valence-corrected chi connectivity index (χ4v) is 2.90. The van der Waals surface area contributed by atoms with Crippen LogP contribution in [-0.4, -0.2) is 44.6 Å². The molecule has 0 aliphatic carbocycles. The van der Waals surface area contributed by atoms with Gasteiger partial charge in [-0.15, -0.1) is 0 Å². The lowest BCUT2D eigenvalue weighted by atomic mass is 10.2. The van der Waals surface area contributed by atoms with Gasteiger partial charge in [-0.3, -0.25) is 10.1 Å². The van der Waals surface area contributed by atoms with Gasteiger partial charge in [-0.05, 0) is 67.5 Å². The molecule has 8 heteroatoms. The molecule has 0 saturated carbocycles. The Morgan fingerprint density at radius 1 is 0.969 bits per heavy atom. The van der Waals surface area contributed by atoms with E-state index in [0.29, 0.717) is 55.8 Å².